The quantitative estimate of drug-likeness (QED) is 0.482. The van der Waals surface area contributed by atoms with Crippen molar-refractivity contribution in [3.63, 3.8) is 0 Å². The highest BCUT2D eigenvalue weighted by Crippen LogP contribution is 2.40. The summed E-state index contributed by atoms with van der Waals surface area (Å²) >= 11 is 4.80. The second-order valence-corrected chi connectivity index (χ2v) is 4.65. The van der Waals surface area contributed by atoms with Gasteiger partial charge in [0.05, 0.1) is 0 Å². The average Bonchev–Trinajstić information content (AvgIpc) is 2.27. The standard InChI is InChI=1S/C10H4ClF5O2S/c11-7(17)5-2-1-3-6(4-5)19-8(18)9(12,13)10(14,15)16/h1-4H. The highest BCUT2D eigenvalue weighted by molar-refractivity contribution is 8.13. The van der Waals surface area contributed by atoms with E-state index in [4.69, 9.17) is 11.6 Å². The van der Waals surface area contributed by atoms with Gasteiger partial charge in [0, 0.05) is 10.5 Å². The third kappa shape index (κ3) is 3.66. The molecule has 0 saturated heterocycles. The van der Waals surface area contributed by atoms with E-state index in [9.17, 15) is 31.5 Å². The molecule has 0 aliphatic rings. The van der Waals surface area contributed by atoms with E-state index in [1.807, 2.05) is 0 Å². The Hall–Kier alpha value is -1.15. The van der Waals surface area contributed by atoms with Crippen LogP contribution >= 0.6 is 23.4 Å². The van der Waals surface area contributed by atoms with Gasteiger partial charge in [-0.25, -0.2) is 0 Å². The van der Waals surface area contributed by atoms with Crippen LogP contribution in [-0.2, 0) is 4.79 Å². The zero-order valence-electron chi connectivity index (χ0n) is 8.80. The molecule has 0 aliphatic heterocycles. The number of rotatable bonds is 3. The Balaban J connectivity index is 2.95. The highest BCUT2D eigenvalue weighted by atomic mass is 35.5. The SMILES string of the molecule is O=C(Cl)c1cccc(SC(=O)C(F)(F)C(F)(F)F)c1. The van der Waals surface area contributed by atoms with Gasteiger partial charge in [0.2, 0.25) is 0 Å². The van der Waals surface area contributed by atoms with Crippen LogP contribution in [0.3, 0.4) is 0 Å². The molecular weight excluding hydrogens is 315 g/mol. The summed E-state index contributed by atoms with van der Waals surface area (Å²) in [6, 6.07) is 4.49. The fraction of sp³-hybridized carbons (Fsp3) is 0.200. The van der Waals surface area contributed by atoms with Crippen LogP contribution in [0, 0.1) is 0 Å². The van der Waals surface area contributed by atoms with E-state index >= 15 is 0 Å². The van der Waals surface area contributed by atoms with Gasteiger partial charge in [-0.15, -0.1) is 0 Å². The maximum absolute atomic E-state index is 12.7. The molecule has 1 aromatic carbocycles. The monoisotopic (exact) mass is 318 g/mol. The lowest BCUT2D eigenvalue weighted by Gasteiger charge is -2.17. The molecule has 19 heavy (non-hydrogen) atoms. The zero-order valence-corrected chi connectivity index (χ0v) is 10.4. The van der Waals surface area contributed by atoms with Crippen LogP contribution in [0.5, 0.6) is 0 Å². The van der Waals surface area contributed by atoms with Gasteiger partial charge in [0.25, 0.3) is 10.4 Å². The van der Waals surface area contributed by atoms with E-state index in [-0.39, 0.29) is 22.2 Å². The number of hydrogen-bond donors (Lipinski definition) is 0. The lowest BCUT2D eigenvalue weighted by Crippen LogP contribution is -2.42. The van der Waals surface area contributed by atoms with Crippen LogP contribution in [0.1, 0.15) is 10.4 Å². The van der Waals surface area contributed by atoms with Crippen LogP contribution < -0.4 is 0 Å². The summed E-state index contributed by atoms with van der Waals surface area (Å²) in [6.07, 6.45) is -5.96. The van der Waals surface area contributed by atoms with E-state index in [0.29, 0.717) is 0 Å². The molecule has 0 bridgehead atoms. The minimum atomic E-state index is -5.96. The van der Waals surface area contributed by atoms with Crippen LogP contribution in [0.4, 0.5) is 22.0 Å². The molecule has 9 heteroatoms. The smallest absolute Gasteiger partial charge is 0.280 e. The van der Waals surface area contributed by atoms with Crippen LogP contribution in [0.2, 0.25) is 0 Å². The van der Waals surface area contributed by atoms with Crippen molar-refractivity contribution in [3.05, 3.63) is 29.8 Å². The number of carbonyl (C=O) groups excluding carboxylic acids is 2. The molecule has 0 N–H and O–H groups in total. The summed E-state index contributed by atoms with van der Waals surface area (Å²) in [5, 5.41) is -3.29. The summed E-state index contributed by atoms with van der Waals surface area (Å²) < 4.78 is 61.2. The van der Waals surface area contributed by atoms with Crippen LogP contribution in [0.25, 0.3) is 0 Å². The Kier molecular flexibility index (Phi) is 4.57. The molecule has 0 heterocycles. The molecule has 0 spiro atoms. The van der Waals surface area contributed by atoms with Crippen molar-refractivity contribution < 1.29 is 31.5 Å². The van der Waals surface area contributed by atoms with E-state index in [1.165, 1.54) is 12.1 Å². The van der Waals surface area contributed by atoms with Crippen LogP contribution in [-0.4, -0.2) is 22.5 Å². The topological polar surface area (TPSA) is 34.1 Å². The van der Waals surface area contributed by atoms with Crippen molar-refractivity contribution in [1.29, 1.82) is 0 Å². The molecule has 0 amide bonds. The average molecular weight is 319 g/mol. The Morgan fingerprint density at radius 1 is 1.11 bits per heavy atom. The van der Waals surface area contributed by atoms with Crippen molar-refractivity contribution in [2.24, 2.45) is 0 Å². The summed E-state index contributed by atoms with van der Waals surface area (Å²) in [4.78, 5) is 21.5. The van der Waals surface area contributed by atoms with Crippen molar-refractivity contribution >= 4 is 33.7 Å². The molecule has 0 fully saturated rings. The lowest BCUT2D eigenvalue weighted by atomic mass is 10.2. The number of thioether (sulfide) groups is 1. The van der Waals surface area contributed by atoms with Gasteiger partial charge in [-0.05, 0) is 35.5 Å². The first-order chi connectivity index (χ1) is 8.55. The lowest BCUT2D eigenvalue weighted by molar-refractivity contribution is -0.264. The molecule has 0 aliphatic carbocycles. The second kappa shape index (κ2) is 5.46. The van der Waals surface area contributed by atoms with Crippen LogP contribution in [0.15, 0.2) is 29.2 Å². The van der Waals surface area contributed by atoms with Crippen molar-refractivity contribution in [2.75, 3.05) is 0 Å². The largest absolute Gasteiger partial charge is 0.462 e. The van der Waals surface area contributed by atoms with Gasteiger partial charge in [0.15, 0.2) is 0 Å². The second-order valence-electron chi connectivity index (χ2n) is 3.26. The summed E-state index contributed by atoms with van der Waals surface area (Å²) in [5.74, 6) is -5.46. The minimum Gasteiger partial charge on any atom is -0.280 e. The van der Waals surface area contributed by atoms with E-state index in [2.05, 4.69) is 0 Å². The molecule has 1 aromatic rings. The first-order valence-electron chi connectivity index (χ1n) is 4.52. The normalized spacial score (nSPS) is 12.3. The maximum atomic E-state index is 12.7. The maximum Gasteiger partial charge on any atom is 0.462 e. The molecule has 0 unspecified atom stereocenters. The molecule has 0 radical (unpaired) electrons. The van der Waals surface area contributed by atoms with Gasteiger partial charge in [0.1, 0.15) is 0 Å². The fourth-order valence-corrected chi connectivity index (χ4v) is 1.88. The van der Waals surface area contributed by atoms with Gasteiger partial charge in [-0.3, -0.25) is 9.59 Å². The van der Waals surface area contributed by atoms with Gasteiger partial charge in [-0.2, -0.15) is 22.0 Å². The summed E-state index contributed by atoms with van der Waals surface area (Å²) in [6.45, 7) is 0. The number of benzene rings is 1. The Morgan fingerprint density at radius 2 is 1.68 bits per heavy atom. The van der Waals surface area contributed by atoms with E-state index in [1.54, 1.807) is 0 Å². The Labute approximate surface area is 112 Å². The first-order valence-corrected chi connectivity index (χ1v) is 5.72. The Morgan fingerprint density at radius 3 is 2.16 bits per heavy atom. The summed E-state index contributed by atoms with van der Waals surface area (Å²) in [7, 11) is 0. The van der Waals surface area contributed by atoms with Crippen molar-refractivity contribution in [3.8, 4) is 0 Å². The number of halogens is 6. The van der Waals surface area contributed by atoms with Gasteiger partial charge in [-0.1, -0.05) is 12.1 Å². The van der Waals surface area contributed by atoms with Gasteiger partial charge < -0.3 is 0 Å². The highest BCUT2D eigenvalue weighted by Gasteiger charge is 2.63. The molecule has 0 atom stereocenters. The first kappa shape index (κ1) is 15.9. The number of hydrogen-bond acceptors (Lipinski definition) is 3. The zero-order chi connectivity index (χ0) is 14.8. The predicted molar refractivity (Wildman–Crippen MR) is 58.5 cm³/mol. The Bertz CT molecular complexity index is 515. The van der Waals surface area contributed by atoms with Crippen molar-refractivity contribution in [1.82, 2.24) is 0 Å². The minimum absolute atomic E-state index is 0.116. The molecular formula is C10H4ClF5O2S. The third-order valence-electron chi connectivity index (χ3n) is 1.88. The van der Waals surface area contributed by atoms with E-state index in [0.717, 1.165) is 12.1 Å². The van der Waals surface area contributed by atoms with Crippen molar-refractivity contribution in [2.45, 2.75) is 17.0 Å². The third-order valence-corrected chi connectivity index (χ3v) is 3.03. The molecule has 1 rings (SSSR count). The summed E-state index contributed by atoms with van der Waals surface area (Å²) in [5.41, 5.74) is -0.116. The molecule has 104 valence electrons. The van der Waals surface area contributed by atoms with Gasteiger partial charge >= 0.3 is 12.1 Å². The number of carbonyl (C=O) groups is 2. The predicted octanol–water partition coefficient (Wildman–Crippen LogP) is 3.88. The fourth-order valence-electron chi connectivity index (χ4n) is 0.969. The number of alkyl halides is 5. The molecule has 2 nitrogen and oxygen atoms in total. The van der Waals surface area contributed by atoms with E-state index < -0.39 is 22.5 Å². The molecule has 0 aromatic heterocycles. The molecule has 0 saturated carbocycles.